The van der Waals surface area contributed by atoms with Crippen molar-refractivity contribution in [3.05, 3.63) is 42.6 Å². The second-order valence-electron chi connectivity index (χ2n) is 7.75. The minimum absolute atomic E-state index is 0.0541. The number of phenols is 1. The van der Waals surface area contributed by atoms with Gasteiger partial charge in [0.2, 0.25) is 0 Å². The molecule has 2 aliphatic heterocycles. The number of nitrogens with one attached hydrogen (secondary N) is 1. The Kier molecular flexibility index (Phi) is 4.12. The summed E-state index contributed by atoms with van der Waals surface area (Å²) in [7, 11) is 1.88. The molecule has 4 heterocycles. The minimum atomic E-state index is -0.915. The van der Waals surface area contributed by atoms with Crippen molar-refractivity contribution in [3.8, 4) is 17.0 Å². The van der Waals surface area contributed by atoms with Gasteiger partial charge in [0.15, 0.2) is 5.82 Å². The summed E-state index contributed by atoms with van der Waals surface area (Å²) in [5, 5.41) is 23.3. The summed E-state index contributed by atoms with van der Waals surface area (Å²) in [6.07, 6.45) is 3.49. The monoisotopic (exact) mass is 379 g/mol. The van der Waals surface area contributed by atoms with Crippen LogP contribution in [0, 0.1) is 0 Å². The molecule has 0 unspecified atom stereocenters. The van der Waals surface area contributed by atoms with Crippen molar-refractivity contribution in [2.24, 2.45) is 0 Å². The first-order valence-corrected chi connectivity index (χ1v) is 9.65. The van der Waals surface area contributed by atoms with E-state index in [2.05, 4.69) is 20.5 Å². The van der Waals surface area contributed by atoms with Crippen LogP contribution in [-0.4, -0.2) is 51.6 Å². The molecule has 2 saturated heterocycles. The van der Waals surface area contributed by atoms with Gasteiger partial charge in [-0.05, 0) is 43.5 Å². The summed E-state index contributed by atoms with van der Waals surface area (Å²) in [5.41, 5.74) is 1.90. The molecule has 2 aliphatic rings. The highest BCUT2D eigenvalue weighted by molar-refractivity contribution is 5.87. The Balaban J connectivity index is 1.42. The van der Waals surface area contributed by atoms with Gasteiger partial charge in [0.05, 0.1) is 17.3 Å². The molecule has 7 heteroatoms. The predicted octanol–water partition coefficient (Wildman–Crippen LogP) is 3.06. The van der Waals surface area contributed by atoms with Gasteiger partial charge in [-0.3, -0.25) is 4.98 Å². The highest BCUT2D eigenvalue weighted by Gasteiger charge is 2.43. The zero-order valence-corrected chi connectivity index (χ0v) is 15.6. The first-order chi connectivity index (χ1) is 13.6. The third-order valence-electron chi connectivity index (χ3n) is 6.06. The van der Waals surface area contributed by atoms with Crippen molar-refractivity contribution in [1.29, 1.82) is 0 Å². The van der Waals surface area contributed by atoms with Crippen molar-refractivity contribution in [2.75, 3.05) is 11.9 Å². The van der Waals surface area contributed by atoms with Gasteiger partial charge in [-0.1, -0.05) is 6.07 Å². The second-order valence-corrected chi connectivity index (χ2v) is 7.75. The Morgan fingerprint density at radius 1 is 1.18 bits per heavy atom. The van der Waals surface area contributed by atoms with E-state index >= 15 is 0 Å². The number of phenolic OH excluding ortho intramolecular Hbond substituents is 1. The molecule has 0 saturated carbocycles. The second kappa shape index (κ2) is 6.67. The molecule has 0 amide bonds. The van der Waals surface area contributed by atoms with Crippen LogP contribution in [0.4, 0.5) is 10.2 Å². The van der Waals surface area contributed by atoms with Crippen molar-refractivity contribution >= 4 is 16.7 Å². The quantitative estimate of drug-likeness (QED) is 0.729. The number of nitrogens with zero attached hydrogens (tertiary/aromatic N) is 4. The largest absolute Gasteiger partial charge is 0.507 e. The predicted molar refractivity (Wildman–Crippen MR) is 106 cm³/mol. The number of fused-ring (bicyclic) bond motifs is 3. The van der Waals surface area contributed by atoms with E-state index in [1.165, 1.54) is 0 Å². The van der Waals surface area contributed by atoms with Crippen LogP contribution in [0.25, 0.3) is 22.2 Å². The minimum Gasteiger partial charge on any atom is -0.507 e. The van der Waals surface area contributed by atoms with Crippen molar-refractivity contribution < 1.29 is 9.50 Å². The van der Waals surface area contributed by atoms with Crippen molar-refractivity contribution in [3.63, 3.8) is 0 Å². The van der Waals surface area contributed by atoms with Gasteiger partial charge < -0.3 is 15.3 Å². The topological polar surface area (TPSA) is 74.2 Å². The van der Waals surface area contributed by atoms with Crippen molar-refractivity contribution in [1.82, 2.24) is 20.5 Å². The van der Waals surface area contributed by atoms with E-state index in [9.17, 15) is 9.50 Å². The van der Waals surface area contributed by atoms with Gasteiger partial charge >= 0.3 is 0 Å². The Labute approximate surface area is 162 Å². The zero-order valence-electron chi connectivity index (χ0n) is 15.6. The molecule has 144 valence electrons. The number of piperidine rings is 1. The average molecular weight is 379 g/mol. The molecule has 6 nitrogen and oxygen atoms in total. The van der Waals surface area contributed by atoms with Gasteiger partial charge in [0.25, 0.3) is 0 Å². The molecule has 1 aromatic carbocycles. The third kappa shape index (κ3) is 2.86. The van der Waals surface area contributed by atoms with Gasteiger partial charge in [-0.2, -0.15) is 0 Å². The van der Waals surface area contributed by atoms with Gasteiger partial charge in [-0.15, -0.1) is 10.2 Å². The number of rotatable bonds is 3. The summed E-state index contributed by atoms with van der Waals surface area (Å²) in [6.45, 7) is 0. The number of pyridine rings is 1. The number of benzene rings is 1. The number of halogens is 1. The third-order valence-corrected chi connectivity index (χ3v) is 6.06. The normalized spacial score (nSPS) is 26.5. The summed E-state index contributed by atoms with van der Waals surface area (Å²) < 4.78 is 14.8. The fourth-order valence-corrected chi connectivity index (χ4v) is 4.49. The van der Waals surface area contributed by atoms with Crippen LogP contribution in [0.2, 0.25) is 0 Å². The lowest BCUT2D eigenvalue weighted by Crippen LogP contribution is -2.55. The summed E-state index contributed by atoms with van der Waals surface area (Å²) in [4.78, 5) is 6.15. The molecule has 0 radical (unpaired) electrons. The highest BCUT2D eigenvalue weighted by Crippen LogP contribution is 2.34. The molecular formula is C21H22FN5O. The van der Waals surface area contributed by atoms with Gasteiger partial charge in [-0.25, -0.2) is 4.39 Å². The van der Waals surface area contributed by atoms with E-state index in [4.69, 9.17) is 0 Å². The molecule has 2 N–H and O–H groups in total. The summed E-state index contributed by atoms with van der Waals surface area (Å²) in [6, 6.07) is 11.1. The average Bonchev–Trinajstić information content (AvgIpc) is 3.13. The molecule has 0 aliphatic carbocycles. The number of aromatic nitrogens is 3. The van der Waals surface area contributed by atoms with Crippen LogP contribution >= 0.6 is 0 Å². The number of hydrogen-bond acceptors (Lipinski definition) is 6. The SMILES string of the molecule is CN(c1ccc(-c2cc3cccnc3cc2O)nn1)[C@H]1C[C@@H]2CC[C@@H](N2)[C@H]1F. The first-order valence-electron chi connectivity index (χ1n) is 9.65. The van der Waals surface area contributed by atoms with Crippen LogP contribution in [-0.2, 0) is 0 Å². The van der Waals surface area contributed by atoms with Crippen LogP contribution in [0.3, 0.4) is 0 Å². The van der Waals surface area contributed by atoms with Gasteiger partial charge in [0, 0.05) is 42.3 Å². The molecule has 3 aromatic rings. The van der Waals surface area contributed by atoms with Crippen molar-refractivity contribution in [2.45, 2.75) is 43.6 Å². The van der Waals surface area contributed by atoms with Crippen LogP contribution in [0.15, 0.2) is 42.6 Å². The molecule has 2 aromatic heterocycles. The fraction of sp³-hybridized carbons (Fsp3) is 0.381. The van der Waals surface area contributed by atoms with Crippen LogP contribution in [0.5, 0.6) is 5.75 Å². The number of hydrogen-bond donors (Lipinski definition) is 2. The Morgan fingerprint density at radius 3 is 2.89 bits per heavy atom. The Bertz CT molecular complexity index is 1010. The maximum Gasteiger partial charge on any atom is 0.151 e. The number of alkyl halides is 1. The van der Waals surface area contributed by atoms with E-state index in [-0.39, 0.29) is 17.8 Å². The lowest BCUT2D eigenvalue weighted by atomic mass is 9.96. The van der Waals surface area contributed by atoms with E-state index in [1.807, 2.05) is 42.3 Å². The van der Waals surface area contributed by atoms with Crippen LogP contribution in [0.1, 0.15) is 19.3 Å². The van der Waals surface area contributed by atoms with E-state index in [0.29, 0.717) is 23.1 Å². The zero-order chi connectivity index (χ0) is 19.3. The maximum absolute atomic E-state index is 14.8. The maximum atomic E-state index is 14.8. The number of anilines is 1. The smallest absolute Gasteiger partial charge is 0.151 e. The molecule has 28 heavy (non-hydrogen) atoms. The Hall–Kier alpha value is -2.80. The molecular weight excluding hydrogens is 357 g/mol. The molecule has 5 rings (SSSR count). The van der Waals surface area contributed by atoms with E-state index < -0.39 is 6.17 Å². The van der Waals surface area contributed by atoms with Gasteiger partial charge in [0.1, 0.15) is 11.9 Å². The Morgan fingerprint density at radius 2 is 2.07 bits per heavy atom. The molecule has 0 spiro atoms. The van der Waals surface area contributed by atoms with Crippen LogP contribution < -0.4 is 10.2 Å². The lowest BCUT2D eigenvalue weighted by Gasteiger charge is -2.38. The molecule has 4 atom stereocenters. The fourth-order valence-electron chi connectivity index (χ4n) is 4.49. The standard InChI is InChI=1S/C21H22FN5O/c1-27(18-10-13-4-5-16(24-13)21(18)22)20-7-6-15(25-26-20)14-9-12-3-2-8-23-17(12)11-19(14)28/h2-3,6-9,11,13,16,18,21,24,28H,4-5,10H2,1H3/t13-,16+,18-,21+/m0/s1. The highest BCUT2D eigenvalue weighted by atomic mass is 19.1. The first kappa shape index (κ1) is 17.3. The van der Waals surface area contributed by atoms with E-state index in [1.54, 1.807) is 12.3 Å². The van der Waals surface area contributed by atoms with E-state index in [0.717, 1.165) is 30.2 Å². The summed E-state index contributed by atoms with van der Waals surface area (Å²) in [5.74, 6) is 0.750. The number of aromatic hydroxyl groups is 1. The summed E-state index contributed by atoms with van der Waals surface area (Å²) >= 11 is 0. The lowest BCUT2D eigenvalue weighted by molar-refractivity contribution is 0.176. The molecule has 2 fully saturated rings. The molecule has 2 bridgehead atoms.